The average molecular weight is 783 g/mol. The normalized spacial score (nSPS) is 23.2. The maximum atomic E-state index is 14.4. The lowest BCUT2D eigenvalue weighted by atomic mass is 9.97. The van der Waals surface area contributed by atoms with Crippen molar-refractivity contribution in [1.29, 1.82) is 0 Å². The highest BCUT2D eigenvalue weighted by Gasteiger charge is 2.45. The van der Waals surface area contributed by atoms with Crippen molar-refractivity contribution >= 4 is 45.3 Å². The van der Waals surface area contributed by atoms with Crippen LogP contribution in [0.1, 0.15) is 43.2 Å². The molecule has 4 aliphatic rings. The van der Waals surface area contributed by atoms with Gasteiger partial charge in [-0.3, -0.25) is 29.1 Å². The zero-order valence-electron chi connectivity index (χ0n) is 31.7. The Balaban J connectivity index is 0.955. The molecule has 6 heterocycles. The molecular weight excluding hydrogens is 743 g/mol. The third-order valence-corrected chi connectivity index (χ3v) is 12.2. The summed E-state index contributed by atoms with van der Waals surface area (Å²) >= 11 is 0. The van der Waals surface area contributed by atoms with Gasteiger partial charge in [-0.1, -0.05) is 0 Å². The number of fused-ring (bicyclic) bond motifs is 2. The monoisotopic (exact) mass is 782 g/mol. The first-order chi connectivity index (χ1) is 28.1. The lowest BCUT2D eigenvalue weighted by Crippen LogP contribution is -2.24. The zero-order chi connectivity index (χ0) is 39.8. The summed E-state index contributed by atoms with van der Waals surface area (Å²) in [5.41, 5.74) is 5.29. The SMILES string of the molecule is Cc1ccncc1-c1cc2cnc(NC(=O)C3CC3F)cc2n(CC2CC2Cc2ccncc2-c2cc3cnc(NC(=O)[C@@H]4C[C@@H]4F)cc3n(CC3CC3)c2=O)c1=O. The van der Waals surface area contributed by atoms with Crippen LogP contribution in [0.5, 0.6) is 0 Å². The molecule has 4 saturated carbocycles. The Morgan fingerprint density at radius 2 is 1.22 bits per heavy atom. The molecule has 2 N–H and O–H groups in total. The number of alkyl halides is 2. The Morgan fingerprint density at radius 3 is 1.78 bits per heavy atom. The molecule has 0 spiro atoms. The fourth-order valence-corrected chi connectivity index (χ4v) is 8.19. The number of nitrogens with one attached hydrogen (secondary N) is 2. The van der Waals surface area contributed by atoms with Gasteiger partial charge in [0.1, 0.15) is 24.0 Å². The minimum Gasteiger partial charge on any atom is -0.310 e. The topological polar surface area (TPSA) is 154 Å². The van der Waals surface area contributed by atoms with E-state index < -0.39 is 36.0 Å². The summed E-state index contributed by atoms with van der Waals surface area (Å²) < 4.78 is 30.7. The maximum absolute atomic E-state index is 14.4. The first-order valence-electron chi connectivity index (χ1n) is 19.9. The molecule has 6 atom stereocenters. The number of anilines is 2. The summed E-state index contributed by atoms with van der Waals surface area (Å²) in [5, 5.41) is 6.91. The van der Waals surface area contributed by atoms with Gasteiger partial charge in [-0.05, 0) is 98.6 Å². The summed E-state index contributed by atoms with van der Waals surface area (Å²) in [6, 6.07) is 10.8. The van der Waals surface area contributed by atoms with E-state index in [1.807, 2.05) is 31.2 Å². The summed E-state index contributed by atoms with van der Waals surface area (Å²) in [7, 11) is 0. The van der Waals surface area contributed by atoms with E-state index in [1.165, 1.54) is 0 Å². The molecule has 0 aromatic carbocycles. The first kappa shape index (κ1) is 36.2. The number of aryl methyl sites for hydroxylation is 1. The minimum absolute atomic E-state index is 0.140. The third kappa shape index (κ3) is 6.94. The van der Waals surface area contributed by atoms with Crippen molar-refractivity contribution in [2.24, 2.45) is 29.6 Å². The van der Waals surface area contributed by atoms with Crippen LogP contribution in [0, 0.1) is 36.5 Å². The molecule has 4 unspecified atom stereocenters. The smallest absolute Gasteiger partial charge is 0.258 e. The van der Waals surface area contributed by atoms with Crippen LogP contribution >= 0.6 is 0 Å². The van der Waals surface area contributed by atoms with Gasteiger partial charge in [0.05, 0.1) is 22.9 Å². The average Bonchev–Trinajstić information content (AvgIpc) is 4.01. The van der Waals surface area contributed by atoms with E-state index in [0.717, 1.165) is 52.3 Å². The minimum atomic E-state index is -1.15. The lowest BCUT2D eigenvalue weighted by Gasteiger charge is -2.16. The van der Waals surface area contributed by atoms with Gasteiger partial charge in [0, 0.05) is 95.4 Å². The van der Waals surface area contributed by atoms with Crippen LogP contribution in [0.2, 0.25) is 0 Å². The van der Waals surface area contributed by atoms with E-state index in [1.54, 1.807) is 58.4 Å². The van der Waals surface area contributed by atoms with Crippen LogP contribution in [0.3, 0.4) is 0 Å². The number of hydrogen-bond donors (Lipinski definition) is 2. The van der Waals surface area contributed by atoms with Crippen molar-refractivity contribution in [3.63, 3.8) is 0 Å². The number of pyridine rings is 6. The Hall–Kier alpha value is -6.18. The maximum Gasteiger partial charge on any atom is 0.258 e. The molecule has 294 valence electrons. The van der Waals surface area contributed by atoms with E-state index in [4.69, 9.17) is 0 Å². The number of amides is 2. The highest BCUT2D eigenvalue weighted by atomic mass is 19.1. The van der Waals surface area contributed by atoms with E-state index in [-0.39, 0.29) is 47.4 Å². The number of rotatable bonds is 12. The zero-order valence-corrected chi connectivity index (χ0v) is 31.7. The van der Waals surface area contributed by atoms with Gasteiger partial charge in [0.2, 0.25) is 11.8 Å². The van der Waals surface area contributed by atoms with Gasteiger partial charge in [-0.25, -0.2) is 18.7 Å². The molecule has 58 heavy (non-hydrogen) atoms. The van der Waals surface area contributed by atoms with E-state index in [0.29, 0.717) is 47.6 Å². The standard InChI is InChI=1S/C44H40F2N8O4/c1-22-4-6-47-18-33(22)29-10-26-16-49-40(52-42(56)32-13-36(32)46)15-38(26)54(43(29)57)21-28-9-25(28)8-24-5-7-48-19-34(24)30-11-27-17-50-39(51-41(55)31-12-35(31)45)14-37(27)53(44(30)58)20-23-2-3-23/h4-7,10-11,14-19,23,25,28,31-32,35-36H,2-3,8-9,12-13,20-21H2,1H3,(H,49,52,56)(H,50,51,55)/t25?,28?,31-,32?,35+,36?/m1/s1. The first-order valence-corrected chi connectivity index (χ1v) is 19.9. The summed E-state index contributed by atoms with van der Waals surface area (Å²) in [6.07, 6.45) is 11.8. The molecule has 0 bridgehead atoms. The molecule has 4 fully saturated rings. The van der Waals surface area contributed by atoms with Crippen LogP contribution in [-0.2, 0) is 29.1 Å². The van der Waals surface area contributed by atoms with Crippen molar-refractivity contribution in [1.82, 2.24) is 29.1 Å². The largest absolute Gasteiger partial charge is 0.310 e. The Bertz CT molecular complexity index is 2800. The highest BCUT2D eigenvalue weighted by molar-refractivity contribution is 5.97. The molecule has 0 radical (unpaired) electrons. The number of aromatic nitrogens is 6. The molecular formula is C44H40F2N8O4. The summed E-state index contributed by atoms with van der Waals surface area (Å²) in [6.45, 7) is 2.89. The van der Waals surface area contributed by atoms with Crippen molar-refractivity contribution in [3.8, 4) is 22.3 Å². The van der Waals surface area contributed by atoms with Crippen LogP contribution in [0.25, 0.3) is 44.1 Å². The fourth-order valence-electron chi connectivity index (χ4n) is 8.19. The molecule has 6 aromatic heterocycles. The van der Waals surface area contributed by atoms with Crippen LogP contribution < -0.4 is 21.8 Å². The molecule has 6 aromatic rings. The molecule has 4 aliphatic carbocycles. The van der Waals surface area contributed by atoms with E-state index >= 15 is 0 Å². The van der Waals surface area contributed by atoms with Crippen molar-refractivity contribution in [2.75, 3.05) is 10.6 Å². The van der Waals surface area contributed by atoms with Gasteiger partial charge in [-0.2, -0.15) is 0 Å². The quantitative estimate of drug-likeness (QED) is 0.144. The molecule has 14 heteroatoms. The Morgan fingerprint density at radius 1 is 0.690 bits per heavy atom. The van der Waals surface area contributed by atoms with Crippen LogP contribution in [-0.4, -0.2) is 53.2 Å². The summed E-state index contributed by atoms with van der Waals surface area (Å²) in [4.78, 5) is 71.4. The summed E-state index contributed by atoms with van der Waals surface area (Å²) in [5.74, 6) is -0.893. The van der Waals surface area contributed by atoms with Crippen molar-refractivity contribution < 1.29 is 18.4 Å². The van der Waals surface area contributed by atoms with E-state index in [2.05, 4.69) is 30.6 Å². The second-order valence-corrected chi connectivity index (χ2v) is 16.5. The number of halogens is 2. The van der Waals surface area contributed by atoms with Gasteiger partial charge in [0.25, 0.3) is 11.1 Å². The van der Waals surface area contributed by atoms with Crippen molar-refractivity contribution in [3.05, 3.63) is 105 Å². The molecule has 0 saturated heterocycles. The van der Waals surface area contributed by atoms with Crippen LogP contribution in [0.4, 0.5) is 20.4 Å². The fraction of sp³-hybridized carbons (Fsp3) is 0.364. The molecule has 0 aliphatic heterocycles. The highest BCUT2D eigenvalue weighted by Crippen LogP contribution is 2.44. The van der Waals surface area contributed by atoms with Gasteiger partial charge in [0.15, 0.2) is 0 Å². The predicted octanol–water partition coefficient (Wildman–Crippen LogP) is 6.42. The predicted molar refractivity (Wildman–Crippen MR) is 214 cm³/mol. The van der Waals surface area contributed by atoms with Crippen LogP contribution in [0.15, 0.2) is 83.2 Å². The molecule has 10 rings (SSSR count). The lowest BCUT2D eigenvalue weighted by molar-refractivity contribution is -0.118. The van der Waals surface area contributed by atoms with E-state index in [9.17, 15) is 28.0 Å². The number of carbonyl (C=O) groups is 2. The van der Waals surface area contributed by atoms with Crippen molar-refractivity contribution in [2.45, 2.75) is 70.9 Å². The van der Waals surface area contributed by atoms with Gasteiger partial charge < -0.3 is 19.8 Å². The second-order valence-electron chi connectivity index (χ2n) is 16.5. The molecule has 2 amide bonds. The molecule has 12 nitrogen and oxygen atoms in total. The number of hydrogen-bond acceptors (Lipinski definition) is 8. The number of nitrogens with zero attached hydrogens (tertiary/aromatic N) is 6. The van der Waals surface area contributed by atoms with Gasteiger partial charge >= 0.3 is 0 Å². The van der Waals surface area contributed by atoms with Gasteiger partial charge in [-0.15, -0.1) is 0 Å². The Kier molecular flexibility index (Phi) is 8.75. The third-order valence-electron chi connectivity index (χ3n) is 12.2. The second kappa shape index (κ2) is 14.0. The number of carbonyl (C=O) groups excluding carboxylic acids is 2. The Labute approximate surface area is 330 Å².